The van der Waals surface area contributed by atoms with Gasteiger partial charge in [0.1, 0.15) is 17.9 Å². The van der Waals surface area contributed by atoms with Crippen LogP contribution in [0.3, 0.4) is 0 Å². The third kappa shape index (κ3) is 3.15. The molecule has 1 aliphatic rings. The molecule has 1 heterocycles. The van der Waals surface area contributed by atoms with E-state index in [1.54, 1.807) is 50.2 Å². The van der Waals surface area contributed by atoms with Crippen LogP contribution < -0.4 is 10.6 Å². The largest absolute Gasteiger partial charge is 0.325 e. The summed E-state index contributed by atoms with van der Waals surface area (Å²) in [6.07, 6.45) is 0. The molecule has 1 unspecified atom stereocenters. The zero-order valence-corrected chi connectivity index (χ0v) is 14.4. The van der Waals surface area contributed by atoms with Gasteiger partial charge in [-0.3, -0.25) is 14.5 Å². The Morgan fingerprint density at radius 3 is 2.54 bits per heavy atom. The molecular weight excluding hydrogens is 337 g/mol. The summed E-state index contributed by atoms with van der Waals surface area (Å²) in [5, 5.41) is 5.12. The highest BCUT2D eigenvalue weighted by Crippen LogP contribution is 2.28. The Bertz CT molecular complexity index is 885. The van der Waals surface area contributed by atoms with E-state index >= 15 is 0 Å². The van der Waals surface area contributed by atoms with Crippen LogP contribution in [-0.4, -0.2) is 29.3 Å². The molecular formula is C19H18FN3O3. The number of nitrogens with one attached hydrogen (secondary N) is 2. The summed E-state index contributed by atoms with van der Waals surface area (Å²) >= 11 is 0. The van der Waals surface area contributed by atoms with Crippen molar-refractivity contribution in [3.63, 3.8) is 0 Å². The predicted octanol–water partition coefficient (Wildman–Crippen LogP) is 2.54. The molecule has 0 aromatic heterocycles. The van der Waals surface area contributed by atoms with Crippen molar-refractivity contribution in [3.8, 4) is 0 Å². The van der Waals surface area contributed by atoms with Crippen LogP contribution in [0.4, 0.5) is 14.9 Å². The van der Waals surface area contributed by atoms with E-state index in [0.717, 1.165) is 4.90 Å². The van der Waals surface area contributed by atoms with Gasteiger partial charge in [-0.15, -0.1) is 0 Å². The molecule has 0 saturated carbocycles. The predicted molar refractivity (Wildman–Crippen MR) is 93.8 cm³/mol. The van der Waals surface area contributed by atoms with Crippen molar-refractivity contribution in [3.05, 3.63) is 65.5 Å². The van der Waals surface area contributed by atoms with Crippen LogP contribution in [-0.2, 0) is 15.1 Å². The smallest absolute Gasteiger partial charge is 0.324 e. The standard InChI is InChI=1S/C19H18FN3O3/c1-12-8-9-14(10-15(12)20)21-16(24)11-23-17(25)19(2,22-18(23)26)13-6-4-3-5-7-13/h3-10H,11H2,1-2H3,(H,21,24)(H,22,26). The summed E-state index contributed by atoms with van der Waals surface area (Å²) in [5.74, 6) is -1.55. The van der Waals surface area contributed by atoms with Gasteiger partial charge in [-0.05, 0) is 37.1 Å². The second-order valence-electron chi connectivity index (χ2n) is 6.32. The van der Waals surface area contributed by atoms with Gasteiger partial charge in [-0.25, -0.2) is 9.18 Å². The van der Waals surface area contributed by atoms with Crippen molar-refractivity contribution in [1.29, 1.82) is 0 Å². The molecule has 1 aliphatic heterocycles. The Hall–Kier alpha value is -3.22. The Balaban J connectivity index is 1.73. The average Bonchev–Trinajstić information content (AvgIpc) is 2.83. The molecule has 1 saturated heterocycles. The van der Waals surface area contributed by atoms with E-state index in [4.69, 9.17) is 0 Å². The second kappa shape index (κ2) is 6.59. The summed E-state index contributed by atoms with van der Waals surface area (Å²) in [6.45, 7) is 2.75. The SMILES string of the molecule is Cc1ccc(NC(=O)CN2C(=O)NC(C)(c3ccccc3)C2=O)cc1F. The van der Waals surface area contributed by atoms with E-state index < -0.39 is 35.7 Å². The minimum atomic E-state index is -1.23. The van der Waals surface area contributed by atoms with E-state index in [-0.39, 0.29) is 5.69 Å². The molecule has 6 nitrogen and oxygen atoms in total. The monoisotopic (exact) mass is 355 g/mol. The third-order valence-electron chi connectivity index (χ3n) is 4.38. The molecule has 2 aromatic carbocycles. The normalized spacial score (nSPS) is 19.4. The molecule has 2 N–H and O–H groups in total. The van der Waals surface area contributed by atoms with Gasteiger partial charge >= 0.3 is 6.03 Å². The number of amides is 4. The molecule has 0 radical (unpaired) electrons. The van der Waals surface area contributed by atoms with Gasteiger partial charge in [0.05, 0.1) is 0 Å². The van der Waals surface area contributed by atoms with Crippen molar-refractivity contribution >= 4 is 23.5 Å². The molecule has 2 aromatic rings. The fourth-order valence-corrected chi connectivity index (χ4v) is 2.82. The van der Waals surface area contributed by atoms with Crippen LogP contribution in [0.25, 0.3) is 0 Å². The van der Waals surface area contributed by atoms with Crippen molar-refractivity contribution < 1.29 is 18.8 Å². The first-order valence-corrected chi connectivity index (χ1v) is 8.07. The number of hydrogen-bond acceptors (Lipinski definition) is 3. The topological polar surface area (TPSA) is 78.5 Å². The number of rotatable bonds is 4. The van der Waals surface area contributed by atoms with Crippen molar-refractivity contribution in [2.75, 3.05) is 11.9 Å². The number of urea groups is 1. The number of nitrogens with zero attached hydrogens (tertiary/aromatic N) is 1. The first kappa shape index (κ1) is 17.6. The Morgan fingerprint density at radius 2 is 1.88 bits per heavy atom. The van der Waals surface area contributed by atoms with Gasteiger partial charge in [0.15, 0.2) is 0 Å². The van der Waals surface area contributed by atoms with Gasteiger partial charge in [-0.2, -0.15) is 0 Å². The molecule has 26 heavy (non-hydrogen) atoms. The first-order chi connectivity index (χ1) is 12.3. The van der Waals surface area contributed by atoms with Crippen LogP contribution in [0, 0.1) is 12.7 Å². The van der Waals surface area contributed by atoms with E-state index in [2.05, 4.69) is 10.6 Å². The highest BCUT2D eigenvalue weighted by atomic mass is 19.1. The lowest BCUT2D eigenvalue weighted by Crippen LogP contribution is -2.42. The minimum absolute atomic E-state index is 0.260. The highest BCUT2D eigenvalue weighted by Gasteiger charge is 2.49. The number of carbonyl (C=O) groups is 3. The lowest BCUT2D eigenvalue weighted by atomic mass is 9.92. The second-order valence-corrected chi connectivity index (χ2v) is 6.32. The molecule has 1 fully saturated rings. The van der Waals surface area contributed by atoms with Crippen molar-refractivity contribution in [2.45, 2.75) is 19.4 Å². The molecule has 3 rings (SSSR count). The van der Waals surface area contributed by atoms with E-state index in [1.165, 1.54) is 12.1 Å². The maximum atomic E-state index is 13.6. The van der Waals surface area contributed by atoms with Crippen LogP contribution in [0.15, 0.2) is 48.5 Å². The number of hydrogen-bond donors (Lipinski definition) is 2. The first-order valence-electron chi connectivity index (χ1n) is 8.07. The van der Waals surface area contributed by atoms with Gasteiger partial charge in [-0.1, -0.05) is 36.4 Å². The van der Waals surface area contributed by atoms with E-state index in [1.807, 2.05) is 0 Å². The Morgan fingerprint density at radius 1 is 1.19 bits per heavy atom. The summed E-state index contributed by atoms with van der Waals surface area (Å²) in [6, 6.07) is 12.4. The van der Waals surface area contributed by atoms with Crippen LogP contribution in [0.2, 0.25) is 0 Å². The number of halogens is 1. The summed E-state index contributed by atoms with van der Waals surface area (Å²) in [7, 11) is 0. The molecule has 134 valence electrons. The molecule has 4 amide bonds. The maximum Gasteiger partial charge on any atom is 0.325 e. The summed E-state index contributed by atoms with van der Waals surface area (Å²) in [4.78, 5) is 38.0. The molecule has 0 aliphatic carbocycles. The third-order valence-corrected chi connectivity index (χ3v) is 4.38. The number of carbonyl (C=O) groups excluding carboxylic acids is 3. The number of benzene rings is 2. The lowest BCUT2D eigenvalue weighted by Gasteiger charge is -2.22. The Labute approximate surface area is 150 Å². The lowest BCUT2D eigenvalue weighted by molar-refractivity contribution is -0.133. The fraction of sp³-hybridized carbons (Fsp3) is 0.211. The summed E-state index contributed by atoms with van der Waals surface area (Å²) < 4.78 is 13.6. The number of imide groups is 1. The number of anilines is 1. The van der Waals surface area contributed by atoms with Gasteiger partial charge in [0, 0.05) is 5.69 Å². The van der Waals surface area contributed by atoms with Crippen LogP contribution in [0.5, 0.6) is 0 Å². The highest BCUT2D eigenvalue weighted by molar-refractivity contribution is 6.10. The molecule has 0 spiro atoms. The van der Waals surface area contributed by atoms with Crippen LogP contribution >= 0.6 is 0 Å². The average molecular weight is 355 g/mol. The Kier molecular flexibility index (Phi) is 4.46. The van der Waals surface area contributed by atoms with Crippen molar-refractivity contribution in [1.82, 2.24) is 10.2 Å². The van der Waals surface area contributed by atoms with E-state index in [9.17, 15) is 18.8 Å². The van der Waals surface area contributed by atoms with Gasteiger partial charge < -0.3 is 10.6 Å². The van der Waals surface area contributed by atoms with Gasteiger partial charge in [0.2, 0.25) is 5.91 Å². The molecule has 0 bridgehead atoms. The summed E-state index contributed by atoms with van der Waals surface area (Å²) in [5.41, 5.74) is 0.114. The quantitative estimate of drug-likeness (QED) is 0.828. The zero-order valence-electron chi connectivity index (χ0n) is 14.4. The number of aryl methyl sites for hydroxylation is 1. The maximum absolute atomic E-state index is 13.6. The van der Waals surface area contributed by atoms with Gasteiger partial charge in [0.25, 0.3) is 5.91 Å². The molecule has 1 atom stereocenters. The molecule has 7 heteroatoms. The van der Waals surface area contributed by atoms with Crippen molar-refractivity contribution in [2.24, 2.45) is 0 Å². The minimum Gasteiger partial charge on any atom is -0.324 e. The van der Waals surface area contributed by atoms with Crippen LogP contribution in [0.1, 0.15) is 18.1 Å². The van der Waals surface area contributed by atoms with E-state index in [0.29, 0.717) is 11.1 Å². The fourth-order valence-electron chi connectivity index (χ4n) is 2.82. The zero-order chi connectivity index (χ0) is 18.9.